The molecule has 5 nitrogen and oxygen atoms in total. The molecule has 1 amide bonds. The van der Waals surface area contributed by atoms with Crippen LogP contribution >= 0.6 is 15.9 Å². The lowest BCUT2D eigenvalue weighted by Gasteiger charge is -2.19. The molecule has 29 heavy (non-hydrogen) atoms. The van der Waals surface area contributed by atoms with Crippen LogP contribution in [-0.4, -0.2) is 32.3 Å². The summed E-state index contributed by atoms with van der Waals surface area (Å²) in [4.78, 5) is 14.1. The van der Waals surface area contributed by atoms with Crippen LogP contribution in [0.4, 0.5) is 13.2 Å². The Morgan fingerprint density at radius 2 is 1.79 bits per heavy atom. The summed E-state index contributed by atoms with van der Waals surface area (Å²) in [7, 11) is -2.23. The van der Waals surface area contributed by atoms with Gasteiger partial charge in [-0.2, -0.15) is 13.2 Å². The van der Waals surface area contributed by atoms with E-state index in [1.165, 1.54) is 42.3 Å². The monoisotopic (exact) mass is 490 g/mol. The number of benzene rings is 2. The van der Waals surface area contributed by atoms with Crippen molar-refractivity contribution in [3.05, 3.63) is 63.6 Å². The van der Waals surface area contributed by atoms with Crippen LogP contribution in [0.3, 0.4) is 0 Å². The highest BCUT2D eigenvalue weighted by Gasteiger charge is 2.30. The molecule has 1 aliphatic rings. The van der Waals surface area contributed by atoms with Gasteiger partial charge in [0, 0.05) is 24.1 Å². The van der Waals surface area contributed by atoms with Crippen LogP contribution in [0.1, 0.15) is 34.3 Å². The maximum absolute atomic E-state index is 12.8. The van der Waals surface area contributed by atoms with Crippen LogP contribution < -0.4 is 4.72 Å². The van der Waals surface area contributed by atoms with E-state index >= 15 is 0 Å². The van der Waals surface area contributed by atoms with Crippen LogP contribution in [0, 0.1) is 0 Å². The molecule has 0 heterocycles. The van der Waals surface area contributed by atoms with Gasteiger partial charge in [-0.05, 0) is 64.7 Å². The second kappa shape index (κ2) is 8.08. The van der Waals surface area contributed by atoms with Crippen molar-refractivity contribution in [1.29, 1.82) is 0 Å². The van der Waals surface area contributed by atoms with E-state index in [4.69, 9.17) is 0 Å². The standard InChI is InChI=1S/C19H18BrF3N2O3S/c1-25(11-12-2-4-13(5-3-12)19(21,22)23)18(26)16-10-15(8-9-17(16)20)29(27,28)24-14-6-7-14/h2-5,8-10,14,24H,6-7,11H2,1H3. The smallest absolute Gasteiger partial charge is 0.337 e. The fraction of sp³-hybridized carbons (Fsp3) is 0.316. The number of sulfonamides is 1. The second-order valence-corrected chi connectivity index (χ2v) is 9.46. The highest BCUT2D eigenvalue weighted by molar-refractivity contribution is 9.10. The number of carbonyl (C=O) groups is 1. The first-order valence-corrected chi connectivity index (χ1v) is 11.0. The molecule has 0 unspecified atom stereocenters. The number of hydrogen-bond acceptors (Lipinski definition) is 3. The van der Waals surface area contributed by atoms with Gasteiger partial charge in [-0.3, -0.25) is 4.79 Å². The molecular weight excluding hydrogens is 473 g/mol. The van der Waals surface area contributed by atoms with Crippen molar-refractivity contribution in [2.75, 3.05) is 7.05 Å². The quantitative estimate of drug-likeness (QED) is 0.660. The number of carbonyl (C=O) groups excluding carboxylic acids is 1. The Hall–Kier alpha value is -1.91. The Labute approximate surface area is 175 Å². The minimum absolute atomic E-state index is 0.0149. The zero-order valence-electron chi connectivity index (χ0n) is 15.3. The first kappa shape index (κ1) is 21.8. The Morgan fingerprint density at radius 3 is 2.34 bits per heavy atom. The first-order valence-electron chi connectivity index (χ1n) is 8.71. The van der Waals surface area contributed by atoms with Gasteiger partial charge in [0.25, 0.3) is 5.91 Å². The van der Waals surface area contributed by atoms with Gasteiger partial charge < -0.3 is 4.90 Å². The molecule has 2 aromatic rings. The average Bonchev–Trinajstić information content (AvgIpc) is 3.44. The summed E-state index contributed by atoms with van der Waals surface area (Å²) >= 11 is 3.26. The van der Waals surface area contributed by atoms with Crippen molar-refractivity contribution < 1.29 is 26.4 Å². The fourth-order valence-corrected chi connectivity index (χ4v) is 4.42. The van der Waals surface area contributed by atoms with Gasteiger partial charge in [0.05, 0.1) is 16.0 Å². The third-order valence-electron chi connectivity index (χ3n) is 4.43. The van der Waals surface area contributed by atoms with Crippen LogP contribution in [0.15, 0.2) is 51.8 Å². The third kappa shape index (κ3) is 5.37. The summed E-state index contributed by atoms with van der Waals surface area (Å²) in [5.74, 6) is -0.458. The minimum atomic E-state index is -4.43. The average molecular weight is 491 g/mol. The molecule has 156 valence electrons. The van der Waals surface area contributed by atoms with Crippen molar-refractivity contribution in [2.45, 2.75) is 36.5 Å². The molecule has 3 rings (SSSR count). The van der Waals surface area contributed by atoms with Crippen LogP contribution in [0.2, 0.25) is 0 Å². The van der Waals surface area contributed by atoms with Gasteiger partial charge in [0.15, 0.2) is 0 Å². The van der Waals surface area contributed by atoms with Gasteiger partial charge in [-0.15, -0.1) is 0 Å². The molecule has 1 N–H and O–H groups in total. The largest absolute Gasteiger partial charge is 0.416 e. The number of halogens is 4. The normalized spacial score (nSPS) is 14.7. The highest BCUT2D eigenvalue weighted by atomic mass is 79.9. The fourth-order valence-electron chi connectivity index (χ4n) is 2.67. The van der Waals surface area contributed by atoms with Crippen LogP contribution in [-0.2, 0) is 22.7 Å². The number of hydrogen-bond donors (Lipinski definition) is 1. The summed E-state index contributed by atoms with van der Waals surface area (Å²) < 4.78 is 65.8. The zero-order valence-corrected chi connectivity index (χ0v) is 17.7. The van der Waals surface area contributed by atoms with Crippen molar-refractivity contribution in [2.24, 2.45) is 0 Å². The summed E-state index contributed by atoms with van der Waals surface area (Å²) in [6, 6.07) is 8.65. The molecule has 0 atom stereocenters. The third-order valence-corrected chi connectivity index (χ3v) is 6.64. The van der Waals surface area contributed by atoms with Gasteiger partial charge >= 0.3 is 6.18 Å². The van der Waals surface area contributed by atoms with Crippen molar-refractivity contribution in [3.8, 4) is 0 Å². The number of rotatable bonds is 6. The molecule has 10 heteroatoms. The predicted molar refractivity (Wildman–Crippen MR) is 105 cm³/mol. The predicted octanol–water partition coefficient (Wildman–Crippen LogP) is 4.18. The Balaban J connectivity index is 1.77. The van der Waals surface area contributed by atoms with Crippen molar-refractivity contribution in [3.63, 3.8) is 0 Å². The summed E-state index contributed by atoms with van der Waals surface area (Å²) in [6.07, 6.45) is -2.85. The van der Waals surface area contributed by atoms with E-state index in [2.05, 4.69) is 20.7 Å². The second-order valence-electron chi connectivity index (χ2n) is 6.89. The summed E-state index contributed by atoms with van der Waals surface area (Å²) in [6.45, 7) is 0.0702. The molecule has 0 saturated heterocycles. The number of amides is 1. The van der Waals surface area contributed by atoms with Crippen LogP contribution in [0.25, 0.3) is 0 Å². The van der Waals surface area contributed by atoms with E-state index in [0.29, 0.717) is 10.0 Å². The van der Waals surface area contributed by atoms with Gasteiger partial charge in [0.1, 0.15) is 0 Å². The summed E-state index contributed by atoms with van der Waals surface area (Å²) in [5, 5.41) is 0. The maximum Gasteiger partial charge on any atom is 0.416 e. The molecule has 1 fully saturated rings. The SMILES string of the molecule is CN(Cc1ccc(C(F)(F)F)cc1)C(=O)c1cc(S(=O)(=O)NC2CC2)ccc1Br. The molecule has 1 aliphatic carbocycles. The van der Waals surface area contributed by atoms with E-state index in [1.807, 2.05) is 0 Å². The molecular formula is C19H18BrF3N2O3S. The van der Waals surface area contributed by atoms with Gasteiger partial charge in [0.2, 0.25) is 10.0 Å². The topological polar surface area (TPSA) is 66.5 Å². The molecule has 0 radical (unpaired) electrons. The Kier molecular flexibility index (Phi) is 6.07. The number of alkyl halides is 3. The molecule has 0 aromatic heterocycles. The number of nitrogens with one attached hydrogen (secondary N) is 1. The van der Waals surface area contributed by atoms with Gasteiger partial charge in [-0.25, -0.2) is 13.1 Å². The van der Waals surface area contributed by atoms with E-state index in [1.54, 1.807) is 0 Å². The van der Waals surface area contributed by atoms with E-state index in [-0.39, 0.29) is 23.0 Å². The van der Waals surface area contributed by atoms with E-state index < -0.39 is 27.7 Å². The Bertz CT molecular complexity index is 1020. The first-order chi connectivity index (χ1) is 13.5. The lowest BCUT2D eigenvalue weighted by atomic mass is 10.1. The van der Waals surface area contributed by atoms with Crippen molar-refractivity contribution >= 4 is 31.9 Å². The molecule has 0 spiro atoms. The van der Waals surface area contributed by atoms with E-state index in [0.717, 1.165) is 25.0 Å². The lowest BCUT2D eigenvalue weighted by molar-refractivity contribution is -0.137. The van der Waals surface area contributed by atoms with Gasteiger partial charge in [-0.1, -0.05) is 12.1 Å². The zero-order chi connectivity index (χ0) is 21.4. The minimum Gasteiger partial charge on any atom is -0.337 e. The molecule has 0 aliphatic heterocycles. The highest BCUT2D eigenvalue weighted by Crippen LogP contribution is 2.29. The maximum atomic E-state index is 12.8. The van der Waals surface area contributed by atoms with Crippen LogP contribution in [0.5, 0.6) is 0 Å². The summed E-state index contributed by atoms with van der Waals surface area (Å²) in [5.41, 5.74) is -0.0960. The number of nitrogens with zero attached hydrogens (tertiary/aromatic N) is 1. The van der Waals surface area contributed by atoms with Crippen molar-refractivity contribution in [1.82, 2.24) is 9.62 Å². The molecule has 0 bridgehead atoms. The molecule has 2 aromatic carbocycles. The molecule has 1 saturated carbocycles. The van der Waals surface area contributed by atoms with E-state index in [9.17, 15) is 26.4 Å². The lowest BCUT2D eigenvalue weighted by Crippen LogP contribution is -2.28. The Morgan fingerprint density at radius 1 is 1.17 bits per heavy atom.